The van der Waals surface area contributed by atoms with Gasteiger partial charge in [0.25, 0.3) is 5.56 Å². The monoisotopic (exact) mass is 519 g/mol. The van der Waals surface area contributed by atoms with Gasteiger partial charge in [0.1, 0.15) is 5.65 Å². The van der Waals surface area contributed by atoms with Gasteiger partial charge in [-0.05, 0) is 32.0 Å². The summed E-state index contributed by atoms with van der Waals surface area (Å²) in [5.41, 5.74) is -0.202. The number of nitrogens with one attached hydrogen (secondary N) is 1. The number of nitrogens with zero attached hydrogens (tertiary/aromatic N) is 4. The Hall–Kier alpha value is -3.07. The zero-order valence-electron chi connectivity index (χ0n) is 18.2. The largest absolute Gasteiger partial charge is 0.390 e. The van der Waals surface area contributed by atoms with Gasteiger partial charge in [0, 0.05) is 23.9 Å². The van der Waals surface area contributed by atoms with Gasteiger partial charge in [-0.1, -0.05) is 0 Å². The Morgan fingerprint density at radius 1 is 1.09 bits per heavy atom. The first-order valence-corrected chi connectivity index (χ1v) is 13.3. The van der Waals surface area contributed by atoms with Crippen molar-refractivity contribution in [2.24, 2.45) is 0 Å². The lowest BCUT2D eigenvalue weighted by Gasteiger charge is -2.15. The number of halogens is 3. The highest BCUT2D eigenvalue weighted by atomic mass is 32.2. The Balaban J connectivity index is 2.01. The van der Waals surface area contributed by atoms with Crippen molar-refractivity contribution in [3.63, 3.8) is 0 Å². The van der Waals surface area contributed by atoms with Crippen molar-refractivity contribution in [1.82, 2.24) is 19.5 Å². The van der Waals surface area contributed by atoms with Gasteiger partial charge in [-0.25, -0.2) is 21.8 Å². The third kappa shape index (κ3) is 5.88. The number of rotatable bonds is 7. The summed E-state index contributed by atoms with van der Waals surface area (Å²) in [6.07, 6.45) is -2.82. The van der Waals surface area contributed by atoms with Gasteiger partial charge in [0.2, 0.25) is 25.0 Å². The van der Waals surface area contributed by atoms with Crippen LogP contribution < -0.4 is 10.3 Å². The summed E-state index contributed by atoms with van der Waals surface area (Å²) < 4.78 is 87.6. The molecule has 184 valence electrons. The van der Waals surface area contributed by atoms with Crippen LogP contribution in [0, 0.1) is 0 Å². The Bertz CT molecular complexity index is 1500. The van der Waals surface area contributed by atoms with Gasteiger partial charge < -0.3 is 0 Å². The number of anilines is 1. The Morgan fingerprint density at radius 3 is 2.29 bits per heavy atom. The van der Waals surface area contributed by atoms with E-state index in [-0.39, 0.29) is 22.6 Å². The number of hydrogen-bond acceptors (Lipinski definition) is 8. The minimum absolute atomic E-state index is 0.0722. The fraction of sp³-hybridized carbons (Fsp3) is 0.368. The predicted octanol–water partition coefficient (Wildman–Crippen LogP) is 2.53. The van der Waals surface area contributed by atoms with Crippen LogP contribution in [0.1, 0.15) is 26.3 Å². The van der Waals surface area contributed by atoms with Crippen molar-refractivity contribution in [2.45, 2.75) is 37.6 Å². The minimum Gasteiger partial charge on any atom is -0.289 e. The van der Waals surface area contributed by atoms with Crippen molar-refractivity contribution in [1.29, 1.82) is 0 Å². The lowest BCUT2D eigenvalue weighted by atomic mass is 10.1. The molecule has 10 nitrogen and oxygen atoms in total. The standard InChI is InChI=1S/C19H20F3N5O5S2/c1-11(2)27-16-12(9-24-18(25-16)33(3,29)30)8-14(17(27)28)15-5-4-13(10-23-15)26-34(31,32)7-6-19(20,21)22/h4-5,8-11,26H,6-7H2,1-3H3. The fourth-order valence-electron chi connectivity index (χ4n) is 3.04. The molecule has 34 heavy (non-hydrogen) atoms. The van der Waals surface area contributed by atoms with Gasteiger partial charge in [-0.3, -0.25) is 19.1 Å². The number of fused-ring (bicyclic) bond motifs is 1. The van der Waals surface area contributed by atoms with E-state index < -0.39 is 55.0 Å². The molecule has 3 rings (SSSR count). The molecular weight excluding hydrogens is 499 g/mol. The molecule has 0 amide bonds. The molecule has 0 saturated carbocycles. The van der Waals surface area contributed by atoms with E-state index in [1.165, 1.54) is 29.0 Å². The SMILES string of the molecule is CC(C)n1c(=O)c(-c2ccc(NS(=O)(=O)CCC(F)(F)F)cn2)cc2cnc(S(C)(=O)=O)nc21. The molecule has 3 heterocycles. The van der Waals surface area contributed by atoms with Crippen LogP contribution in [0.3, 0.4) is 0 Å². The molecule has 0 fully saturated rings. The second kappa shape index (κ2) is 8.94. The molecule has 0 atom stereocenters. The molecular formula is C19H20F3N5O5S2. The first kappa shape index (κ1) is 25.6. The maximum atomic E-state index is 13.2. The maximum Gasteiger partial charge on any atom is 0.390 e. The lowest BCUT2D eigenvalue weighted by molar-refractivity contribution is -0.129. The van der Waals surface area contributed by atoms with Crippen LogP contribution in [0.25, 0.3) is 22.3 Å². The van der Waals surface area contributed by atoms with Crippen molar-refractivity contribution in [3.8, 4) is 11.3 Å². The maximum absolute atomic E-state index is 13.2. The number of alkyl halides is 3. The van der Waals surface area contributed by atoms with E-state index in [0.29, 0.717) is 5.39 Å². The first-order chi connectivity index (χ1) is 15.6. The second-order valence-corrected chi connectivity index (χ2v) is 11.5. The van der Waals surface area contributed by atoms with Crippen LogP contribution in [-0.2, 0) is 19.9 Å². The molecule has 15 heteroatoms. The number of hydrogen-bond donors (Lipinski definition) is 1. The molecule has 0 aliphatic heterocycles. The highest BCUT2D eigenvalue weighted by molar-refractivity contribution is 7.92. The molecule has 0 aliphatic rings. The van der Waals surface area contributed by atoms with Gasteiger partial charge in [0.15, 0.2) is 0 Å². The zero-order chi connectivity index (χ0) is 25.5. The van der Waals surface area contributed by atoms with Crippen LogP contribution in [0.4, 0.5) is 18.9 Å². The van der Waals surface area contributed by atoms with E-state index in [1.807, 2.05) is 4.72 Å². The van der Waals surface area contributed by atoms with E-state index in [2.05, 4.69) is 15.0 Å². The molecule has 0 aliphatic carbocycles. The molecule has 0 radical (unpaired) electrons. The molecule has 1 N–H and O–H groups in total. The van der Waals surface area contributed by atoms with E-state index in [0.717, 1.165) is 12.5 Å². The van der Waals surface area contributed by atoms with E-state index in [4.69, 9.17) is 0 Å². The number of sulfone groups is 1. The summed E-state index contributed by atoms with van der Waals surface area (Å²) >= 11 is 0. The third-order valence-electron chi connectivity index (χ3n) is 4.57. The van der Waals surface area contributed by atoms with Crippen LogP contribution in [0.15, 0.2) is 40.5 Å². The molecule has 0 saturated heterocycles. The van der Waals surface area contributed by atoms with Gasteiger partial charge in [-0.2, -0.15) is 18.2 Å². The van der Waals surface area contributed by atoms with Gasteiger partial charge in [0.05, 0.1) is 35.3 Å². The molecule has 3 aromatic rings. The van der Waals surface area contributed by atoms with Crippen LogP contribution in [-0.4, -0.2) is 54.5 Å². The Morgan fingerprint density at radius 2 is 1.76 bits per heavy atom. The van der Waals surface area contributed by atoms with Crippen molar-refractivity contribution < 1.29 is 30.0 Å². The lowest BCUT2D eigenvalue weighted by Crippen LogP contribution is -2.25. The van der Waals surface area contributed by atoms with Crippen molar-refractivity contribution in [3.05, 3.63) is 40.9 Å². The first-order valence-electron chi connectivity index (χ1n) is 9.73. The highest BCUT2D eigenvalue weighted by Gasteiger charge is 2.30. The predicted molar refractivity (Wildman–Crippen MR) is 119 cm³/mol. The number of pyridine rings is 2. The molecule has 0 aromatic carbocycles. The highest BCUT2D eigenvalue weighted by Crippen LogP contribution is 2.24. The van der Waals surface area contributed by atoms with E-state index in [1.54, 1.807) is 13.8 Å². The third-order valence-corrected chi connectivity index (χ3v) is 6.71. The number of sulfonamides is 1. The smallest absolute Gasteiger partial charge is 0.289 e. The summed E-state index contributed by atoms with van der Waals surface area (Å²) in [7, 11) is -7.97. The van der Waals surface area contributed by atoms with Crippen LogP contribution >= 0.6 is 0 Å². The second-order valence-electron chi connectivity index (χ2n) is 7.75. The summed E-state index contributed by atoms with van der Waals surface area (Å²) in [6.45, 7) is 3.41. The van der Waals surface area contributed by atoms with Crippen LogP contribution in [0.2, 0.25) is 0 Å². The van der Waals surface area contributed by atoms with Gasteiger partial charge >= 0.3 is 6.18 Å². The normalized spacial score (nSPS) is 12.9. The molecule has 0 unspecified atom stereocenters. The van der Waals surface area contributed by atoms with Gasteiger partial charge in [-0.15, -0.1) is 0 Å². The number of aromatic nitrogens is 4. The molecule has 3 aromatic heterocycles. The summed E-state index contributed by atoms with van der Waals surface area (Å²) in [5, 5.41) is -0.0590. The summed E-state index contributed by atoms with van der Waals surface area (Å²) in [6, 6.07) is 3.62. The van der Waals surface area contributed by atoms with E-state index in [9.17, 15) is 34.8 Å². The zero-order valence-corrected chi connectivity index (χ0v) is 19.8. The topological polar surface area (TPSA) is 141 Å². The molecule has 0 bridgehead atoms. The van der Waals surface area contributed by atoms with E-state index >= 15 is 0 Å². The van der Waals surface area contributed by atoms with Crippen molar-refractivity contribution >= 4 is 36.6 Å². The molecule has 0 spiro atoms. The average Bonchev–Trinajstić information content (AvgIpc) is 2.70. The fourth-order valence-corrected chi connectivity index (χ4v) is 4.62. The quantitative estimate of drug-likeness (QED) is 0.470. The Labute approximate surface area is 192 Å². The average molecular weight is 520 g/mol. The summed E-state index contributed by atoms with van der Waals surface area (Å²) in [5.74, 6) is -1.14. The Kier molecular flexibility index (Phi) is 6.72. The minimum atomic E-state index is -4.62. The summed E-state index contributed by atoms with van der Waals surface area (Å²) in [4.78, 5) is 25.1. The van der Waals surface area contributed by atoms with Crippen molar-refractivity contribution in [2.75, 3.05) is 16.7 Å². The van der Waals surface area contributed by atoms with Crippen LogP contribution in [0.5, 0.6) is 0 Å².